The van der Waals surface area contributed by atoms with Crippen molar-refractivity contribution >= 4 is 12.0 Å². The topological polar surface area (TPSA) is 46.6 Å². The number of hydrogen-bond donors (Lipinski definition) is 0. The Morgan fingerprint density at radius 3 is 1.75 bits per heavy atom. The number of carbonyl (C=O) groups excluding carboxylic acids is 2. The fourth-order valence-electron chi connectivity index (χ4n) is 3.85. The van der Waals surface area contributed by atoms with E-state index in [4.69, 9.17) is 4.74 Å². The predicted octanol–water partition coefficient (Wildman–Crippen LogP) is 8.57. The van der Waals surface area contributed by atoms with Gasteiger partial charge in [-0.3, -0.25) is 4.79 Å². The van der Waals surface area contributed by atoms with Crippen LogP contribution in [0.15, 0.2) is 103 Å². The highest BCUT2D eigenvalue weighted by molar-refractivity contribution is 5.93. The molecule has 2 atom stereocenters. The molecule has 1 aliphatic heterocycles. The molecule has 0 aliphatic carbocycles. The number of benzene rings is 1. The van der Waals surface area contributed by atoms with Crippen LogP contribution in [0.25, 0.3) is 0 Å². The molecule has 1 fully saturated rings. The zero-order valence-electron chi connectivity index (χ0n) is 21.8. The molecule has 4 heteroatoms. The summed E-state index contributed by atoms with van der Waals surface area (Å²) in [6, 6.07) is 9.25. The minimum Gasteiger partial charge on any atom is -0.439 e. The Kier molecular flexibility index (Phi) is 14.4. The first kappa shape index (κ1) is 28.8. The van der Waals surface area contributed by atoms with Crippen LogP contribution >= 0.6 is 0 Å². The maximum Gasteiger partial charge on any atom is 0.417 e. The molecular weight excluding hydrogens is 446 g/mol. The number of amides is 2. The molecule has 2 rings (SSSR count). The van der Waals surface area contributed by atoms with Crippen molar-refractivity contribution in [3.8, 4) is 0 Å². The largest absolute Gasteiger partial charge is 0.439 e. The van der Waals surface area contributed by atoms with Crippen LogP contribution in [0.4, 0.5) is 4.79 Å². The Balaban J connectivity index is 1.55. The molecule has 0 saturated carbocycles. The van der Waals surface area contributed by atoms with Gasteiger partial charge in [-0.1, -0.05) is 110 Å². The summed E-state index contributed by atoms with van der Waals surface area (Å²) in [5, 5.41) is 0. The highest BCUT2D eigenvalue weighted by atomic mass is 16.6. The summed E-state index contributed by atoms with van der Waals surface area (Å²) < 4.78 is 5.46. The number of rotatable bonds is 15. The Morgan fingerprint density at radius 1 is 0.778 bits per heavy atom. The van der Waals surface area contributed by atoms with E-state index in [9.17, 15) is 9.59 Å². The van der Waals surface area contributed by atoms with Gasteiger partial charge < -0.3 is 4.74 Å². The number of allylic oxidation sites excluding steroid dienone is 12. The van der Waals surface area contributed by atoms with E-state index in [-0.39, 0.29) is 11.9 Å². The summed E-state index contributed by atoms with van der Waals surface area (Å²) in [6.07, 6.45) is 31.6. The van der Waals surface area contributed by atoms with Crippen LogP contribution in [-0.2, 0) is 9.53 Å². The van der Waals surface area contributed by atoms with Crippen LogP contribution in [-0.4, -0.2) is 22.9 Å². The Bertz CT molecular complexity index is 953. The molecule has 1 aliphatic rings. The number of imide groups is 1. The van der Waals surface area contributed by atoms with E-state index in [0.717, 1.165) is 44.1 Å². The number of carbonyl (C=O) groups is 2. The van der Waals surface area contributed by atoms with Crippen LogP contribution in [0.1, 0.15) is 76.9 Å². The Labute approximate surface area is 217 Å². The summed E-state index contributed by atoms with van der Waals surface area (Å²) in [5.74, 6) is -0.189. The molecule has 0 unspecified atom stereocenters. The van der Waals surface area contributed by atoms with Gasteiger partial charge in [-0.2, -0.15) is 0 Å². The van der Waals surface area contributed by atoms with Crippen LogP contribution in [0.3, 0.4) is 0 Å². The van der Waals surface area contributed by atoms with E-state index >= 15 is 0 Å². The molecule has 0 spiro atoms. The van der Waals surface area contributed by atoms with Gasteiger partial charge in [0.15, 0.2) is 0 Å². The maximum atomic E-state index is 12.6. The van der Waals surface area contributed by atoms with Gasteiger partial charge in [-0.15, -0.1) is 0 Å². The smallest absolute Gasteiger partial charge is 0.417 e. The third-order valence-electron chi connectivity index (χ3n) is 5.79. The van der Waals surface area contributed by atoms with Crippen LogP contribution < -0.4 is 0 Å². The number of nitrogens with zero attached hydrogens (tertiary/aromatic N) is 1. The molecule has 1 saturated heterocycles. The van der Waals surface area contributed by atoms with Crippen molar-refractivity contribution in [3.63, 3.8) is 0 Å². The van der Waals surface area contributed by atoms with E-state index in [1.807, 2.05) is 43.3 Å². The van der Waals surface area contributed by atoms with Crippen molar-refractivity contribution in [1.29, 1.82) is 0 Å². The molecule has 192 valence electrons. The van der Waals surface area contributed by atoms with Gasteiger partial charge in [0, 0.05) is 6.42 Å². The van der Waals surface area contributed by atoms with Crippen molar-refractivity contribution in [3.05, 3.63) is 109 Å². The molecule has 1 heterocycles. The lowest BCUT2D eigenvalue weighted by Gasteiger charge is -2.19. The second kappa shape index (κ2) is 18.0. The molecule has 4 nitrogen and oxygen atoms in total. The molecule has 0 aromatic heterocycles. The van der Waals surface area contributed by atoms with E-state index in [0.29, 0.717) is 12.8 Å². The fourth-order valence-corrected chi connectivity index (χ4v) is 3.85. The van der Waals surface area contributed by atoms with E-state index in [1.165, 1.54) is 4.90 Å². The van der Waals surface area contributed by atoms with Gasteiger partial charge in [-0.05, 0) is 57.4 Å². The van der Waals surface area contributed by atoms with Crippen molar-refractivity contribution in [2.45, 2.75) is 77.4 Å². The average Bonchev–Trinajstić information content (AvgIpc) is 3.19. The lowest BCUT2D eigenvalue weighted by atomic mass is 10.0. The van der Waals surface area contributed by atoms with Crippen LogP contribution in [0.2, 0.25) is 0 Å². The first-order valence-corrected chi connectivity index (χ1v) is 13.1. The second-order valence-electron chi connectivity index (χ2n) is 8.67. The fraction of sp³-hybridized carbons (Fsp3) is 0.375. The predicted molar refractivity (Wildman–Crippen MR) is 149 cm³/mol. The summed E-state index contributed by atoms with van der Waals surface area (Å²) >= 11 is 0. The summed E-state index contributed by atoms with van der Waals surface area (Å²) in [5.41, 5.74) is 0.908. The summed E-state index contributed by atoms with van der Waals surface area (Å²) in [4.78, 5) is 26.1. The minimum atomic E-state index is -0.552. The Morgan fingerprint density at radius 2 is 1.25 bits per heavy atom. The minimum absolute atomic E-state index is 0.189. The SMILES string of the molecule is CC/C=C\C/C=C\C/C=C\C/C=C\C/C=C\C/C=C\CCC(=O)N1C(=O)O[C@H](c2ccccc2)[C@@H]1C. The standard InChI is InChI=1S/C32H41NO3/c1-3-4-5-6-7-8-9-10-11-12-13-14-15-16-17-18-19-20-24-27-30(34)33-28(2)31(36-32(33)35)29-25-22-21-23-26-29/h4-5,7-8,10-11,13-14,16-17,19-23,25-26,28,31H,3,6,9,12,15,18,24,27H2,1-2H3/b5-4-,8-7-,11-10-,14-13-,17-16-,20-19-/t28-,31-/m0/s1. The third kappa shape index (κ3) is 10.9. The van der Waals surface area contributed by atoms with Gasteiger partial charge >= 0.3 is 6.09 Å². The van der Waals surface area contributed by atoms with Crippen molar-refractivity contribution in [2.75, 3.05) is 0 Å². The van der Waals surface area contributed by atoms with Crippen molar-refractivity contribution in [2.24, 2.45) is 0 Å². The van der Waals surface area contributed by atoms with Gasteiger partial charge in [0.1, 0.15) is 6.10 Å². The van der Waals surface area contributed by atoms with E-state index in [2.05, 4.69) is 73.8 Å². The monoisotopic (exact) mass is 487 g/mol. The normalized spacial score (nSPS) is 18.8. The number of cyclic esters (lactones) is 1. The molecule has 36 heavy (non-hydrogen) atoms. The van der Waals surface area contributed by atoms with Gasteiger partial charge in [0.25, 0.3) is 0 Å². The van der Waals surface area contributed by atoms with Gasteiger partial charge in [0.05, 0.1) is 6.04 Å². The lowest BCUT2D eigenvalue weighted by Crippen LogP contribution is -2.37. The molecule has 1 aromatic rings. The van der Waals surface area contributed by atoms with E-state index in [1.54, 1.807) is 0 Å². The summed E-state index contributed by atoms with van der Waals surface area (Å²) in [6.45, 7) is 4.01. The number of ether oxygens (including phenoxy) is 1. The zero-order chi connectivity index (χ0) is 25.8. The third-order valence-corrected chi connectivity index (χ3v) is 5.79. The second-order valence-corrected chi connectivity index (χ2v) is 8.67. The molecule has 0 bridgehead atoms. The highest BCUT2D eigenvalue weighted by Crippen LogP contribution is 2.32. The first-order chi connectivity index (χ1) is 17.6. The van der Waals surface area contributed by atoms with Gasteiger partial charge in [-0.25, -0.2) is 9.69 Å². The average molecular weight is 488 g/mol. The lowest BCUT2D eigenvalue weighted by molar-refractivity contribution is -0.129. The highest BCUT2D eigenvalue weighted by Gasteiger charge is 2.42. The summed E-state index contributed by atoms with van der Waals surface area (Å²) in [7, 11) is 0. The molecule has 2 amide bonds. The van der Waals surface area contributed by atoms with Crippen molar-refractivity contribution in [1.82, 2.24) is 4.90 Å². The maximum absolute atomic E-state index is 12.6. The van der Waals surface area contributed by atoms with Gasteiger partial charge in [0.2, 0.25) is 5.91 Å². The van der Waals surface area contributed by atoms with E-state index < -0.39 is 12.2 Å². The van der Waals surface area contributed by atoms with Crippen molar-refractivity contribution < 1.29 is 14.3 Å². The Hall–Kier alpha value is -3.40. The van der Waals surface area contributed by atoms with Crippen LogP contribution in [0, 0.1) is 0 Å². The quantitative estimate of drug-likeness (QED) is 0.233. The molecular formula is C32H41NO3. The molecule has 0 radical (unpaired) electrons. The first-order valence-electron chi connectivity index (χ1n) is 13.1. The molecule has 0 N–H and O–H groups in total. The number of hydrogen-bond acceptors (Lipinski definition) is 3. The molecule has 1 aromatic carbocycles. The van der Waals surface area contributed by atoms with Crippen LogP contribution in [0.5, 0.6) is 0 Å². The zero-order valence-corrected chi connectivity index (χ0v) is 21.8.